The summed E-state index contributed by atoms with van der Waals surface area (Å²) in [4.78, 5) is 31.7. The molecule has 3 heterocycles. The molecular weight excluding hydrogens is 488 g/mol. The van der Waals surface area contributed by atoms with Crippen LogP contribution in [0.1, 0.15) is 44.9 Å². The van der Waals surface area contributed by atoms with Crippen molar-refractivity contribution in [2.45, 2.75) is 26.4 Å². The van der Waals surface area contributed by atoms with Crippen LogP contribution < -0.4 is 16.0 Å². The van der Waals surface area contributed by atoms with Crippen LogP contribution in [0.3, 0.4) is 0 Å². The van der Waals surface area contributed by atoms with Crippen molar-refractivity contribution in [2.24, 2.45) is 5.92 Å². The summed E-state index contributed by atoms with van der Waals surface area (Å²) in [5.41, 5.74) is 5.24. The van der Waals surface area contributed by atoms with Crippen LogP contribution in [0.5, 0.6) is 0 Å². The van der Waals surface area contributed by atoms with Gasteiger partial charge in [0.15, 0.2) is 5.78 Å². The molecule has 0 radical (unpaired) electrons. The summed E-state index contributed by atoms with van der Waals surface area (Å²) >= 11 is 0. The summed E-state index contributed by atoms with van der Waals surface area (Å²) in [5.74, 6) is -1.20. The van der Waals surface area contributed by atoms with Crippen LogP contribution >= 0.6 is 0 Å². The van der Waals surface area contributed by atoms with Gasteiger partial charge in [0.05, 0.1) is 16.9 Å². The number of hydrogen-bond acceptors (Lipinski definition) is 5. The van der Waals surface area contributed by atoms with E-state index in [2.05, 4.69) is 25.8 Å². The van der Waals surface area contributed by atoms with Gasteiger partial charge in [0.2, 0.25) is 0 Å². The van der Waals surface area contributed by atoms with Gasteiger partial charge in [0.25, 0.3) is 5.91 Å². The number of hydrogen-bond donors (Lipinski definition) is 4. The number of ketones is 1. The Labute approximate surface area is 220 Å². The first kappa shape index (κ1) is 25.8. The molecule has 3 aromatic rings. The quantitative estimate of drug-likeness (QED) is 0.344. The molecule has 7 nitrogen and oxygen atoms in total. The van der Waals surface area contributed by atoms with Crippen molar-refractivity contribution in [1.82, 2.24) is 15.2 Å². The zero-order valence-electron chi connectivity index (χ0n) is 21.7. The maximum atomic E-state index is 15.0. The predicted octanol–water partition coefficient (Wildman–Crippen LogP) is 4.56. The second-order valence-corrected chi connectivity index (χ2v) is 10.2. The standard InChI is InChI=1S/C29H31F2N5O2/c1-16-23(34-26-15-32-14-18(8-9-36(2)3)28(37)27(16)26)11-21-20-10-22(31)25(12-24(20)35-29(21)38)33-13-17-4-6-19(30)7-5-17/h4-7,10-12,18,32-34H,8-9,13-15H2,1-3H3,(H,35,38). The number of aromatic nitrogens is 1. The van der Waals surface area contributed by atoms with Crippen LogP contribution in [0, 0.1) is 24.5 Å². The van der Waals surface area contributed by atoms with Gasteiger partial charge >= 0.3 is 0 Å². The van der Waals surface area contributed by atoms with Crippen LogP contribution in [0.2, 0.25) is 0 Å². The van der Waals surface area contributed by atoms with Crippen molar-refractivity contribution in [3.8, 4) is 0 Å². The third-order valence-corrected chi connectivity index (χ3v) is 7.18. The number of halogens is 2. The van der Waals surface area contributed by atoms with E-state index >= 15 is 4.39 Å². The van der Waals surface area contributed by atoms with E-state index in [0.29, 0.717) is 47.7 Å². The van der Waals surface area contributed by atoms with Crippen molar-refractivity contribution in [3.05, 3.63) is 81.7 Å². The second-order valence-electron chi connectivity index (χ2n) is 10.2. The van der Waals surface area contributed by atoms with Gasteiger partial charge in [0, 0.05) is 48.1 Å². The molecule has 5 rings (SSSR count). The molecule has 0 saturated heterocycles. The van der Waals surface area contributed by atoms with Crippen molar-refractivity contribution in [3.63, 3.8) is 0 Å². The first-order chi connectivity index (χ1) is 18.2. The number of Topliss-reactive ketones (excluding diaryl/α,β-unsaturated/α-hetero) is 1. The highest BCUT2D eigenvalue weighted by atomic mass is 19.1. The number of rotatable bonds is 7. The van der Waals surface area contributed by atoms with E-state index in [0.717, 1.165) is 29.8 Å². The molecule has 0 spiro atoms. The number of amides is 1. The van der Waals surface area contributed by atoms with E-state index in [-0.39, 0.29) is 29.1 Å². The number of nitrogens with zero attached hydrogens (tertiary/aromatic N) is 1. The molecule has 2 aromatic carbocycles. The molecule has 1 aromatic heterocycles. The lowest BCUT2D eigenvalue weighted by Gasteiger charge is -2.16. The monoisotopic (exact) mass is 519 g/mol. The Morgan fingerprint density at radius 1 is 1.13 bits per heavy atom. The summed E-state index contributed by atoms with van der Waals surface area (Å²) < 4.78 is 28.2. The molecule has 1 amide bonds. The molecule has 2 aliphatic heterocycles. The molecular formula is C29H31F2N5O2. The molecule has 0 aliphatic carbocycles. The fourth-order valence-corrected chi connectivity index (χ4v) is 5.04. The van der Waals surface area contributed by atoms with Crippen LogP contribution in [0.15, 0.2) is 36.4 Å². The smallest absolute Gasteiger partial charge is 0.256 e. The normalized spacial score (nSPS) is 17.9. The highest BCUT2D eigenvalue weighted by Gasteiger charge is 2.31. The Balaban J connectivity index is 1.41. The highest BCUT2D eigenvalue weighted by Crippen LogP contribution is 2.37. The SMILES string of the molecule is Cc1c(C=C2C(=O)Nc3cc(NCc4ccc(F)cc4)c(F)cc32)[nH]c2c1C(=O)C(CCN(C)C)CNC2. The minimum absolute atomic E-state index is 0.101. The Hall–Kier alpha value is -3.82. The molecule has 38 heavy (non-hydrogen) atoms. The second kappa shape index (κ2) is 10.5. The number of benzene rings is 2. The highest BCUT2D eigenvalue weighted by molar-refractivity contribution is 6.35. The van der Waals surface area contributed by atoms with Gasteiger partial charge in [-0.1, -0.05) is 12.1 Å². The van der Waals surface area contributed by atoms with E-state index in [9.17, 15) is 14.0 Å². The number of H-pyrrole nitrogens is 1. The fourth-order valence-electron chi connectivity index (χ4n) is 5.04. The molecule has 4 N–H and O–H groups in total. The molecule has 1 unspecified atom stereocenters. The summed E-state index contributed by atoms with van der Waals surface area (Å²) in [6, 6.07) is 8.85. The maximum absolute atomic E-state index is 15.0. The largest absolute Gasteiger partial charge is 0.379 e. The van der Waals surface area contributed by atoms with E-state index < -0.39 is 5.82 Å². The number of fused-ring (bicyclic) bond motifs is 2. The van der Waals surface area contributed by atoms with Crippen LogP contribution in [-0.4, -0.2) is 48.8 Å². The minimum atomic E-state index is -0.504. The lowest BCUT2D eigenvalue weighted by molar-refractivity contribution is -0.110. The summed E-state index contributed by atoms with van der Waals surface area (Å²) in [5, 5.41) is 9.18. The zero-order valence-corrected chi connectivity index (χ0v) is 21.7. The molecule has 1 atom stereocenters. The summed E-state index contributed by atoms with van der Waals surface area (Å²) in [6.45, 7) is 4.15. The summed E-state index contributed by atoms with van der Waals surface area (Å²) in [6.07, 6.45) is 2.45. The third-order valence-electron chi connectivity index (χ3n) is 7.18. The number of anilines is 2. The fraction of sp³-hybridized carbons (Fsp3) is 0.310. The Bertz CT molecular complexity index is 1430. The molecule has 9 heteroatoms. The number of aromatic amines is 1. The Morgan fingerprint density at radius 3 is 2.63 bits per heavy atom. The van der Waals surface area contributed by atoms with E-state index in [1.165, 1.54) is 18.2 Å². The Morgan fingerprint density at radius 2 is 1.89 bits per heavy atom. The minimum Gasteiger partial charge on any atom is -0.379 e. The Kier molecular flexibility index (Phi) is 7.14. The van der Waals surface area contributed by atoms with Gasteiger partial charge in [0.1, 0.15) is 11.6 Å². The van der Waals surface area contributed by atoms with Gasteiger partial charge in [-0.2, -0.15) is 0 Å². The van der Waals surface area contributed by atoms with Crippen LogP contribution in [0.4, 0.5) is 20.2 Å². The third kappa shape index (κ3) is 5.12. The van der Waals surface area contributed by atoms with Crippen LogP contribution in [-0.2, 0) is 17.9 Å². The lowest BCUT2D eigenvalue weighted by Crippen LogP contribution is -2.28. The molecule has 0 bridgehead atoms. The van der Waals surface area contributed by atoms with Crippen molar-refractivity contribution in [2.75, 3.05) is 37.8 Å². The molecule has 0 fully saturated rings. The first-order valence-electron chi connectivity index (χ1n) is 12.7. The van der Waals surface area contributed by atoms with Gasteiger partial charge in [-0.3, -0.25) is 9.59 Å². The van der Waals surface area contributed by atoms with Gasteiger partial charge in [-0.15, -0.1) is 0 Å². The van der Waals surface area contributed by atoms with Crippen molar-refractivity contribution in [1.29, 1.82) is 0 Å². The average molecular weight is 520 g/mol. The molecule has 0 saturated carbocycles. The number of carbonyl (C=O) groups excluding carboxylic acids is 2. The number of nitrogens with one attached hydrogen (secondary N) is 4. The van der Waals surface area contributed by atoms with Gasteiger partial charge in [-0.05, 0) is 75.5 Å². The maximum Gasteiger partial charge on any atom is 0.256 e. The van der Waals surface area contributed by atoms with E-state index in [1.54, 1.807) is 24.3 Å². The zero-order chi connectivity index (χ0) is 27.0. The molecule has 2 aliphatic rings. The predicted molar refractivity (Wildman–Crippen MR) is 145 cm³/mol. The van der Waals surface area contributed by atoms with Gasteiger partial charge < -0.3 is 25.8 Å². The molecule has 198 valence electrons. The van der Waals surface area contributed by atoms with Crippen molar-refractivity contribution < 1.29 is 18.4 Å². The first-order valence-corrected chi connectivity index (χ1v) is 12.7. The van der Waals surface area contributed by atoms with E-state index in [4.69, 9.17) is 0 Å². The van der Waals surface area contributed by atoms with Crippen molar-refractivity contribution >= 4 is 34.7 Å². The number of carbonyl (C=O) groups is 2. The van der Waals surface area contributed by atoms with Crippen LogP contribution in [0.25, 0.3) is 11.6 Å². The summed E-state index contributed by atoms with van der Waals surface area (Å²) in [7, 11) is 3.98. The van der Waals surface area contributed by atoms with E-state index in [1.807, 2.05) is 21.0 Å². The average Bonchev–Trinajstić information content (AvgIpc) is 3.29. The lowest BCUT2D eigenvalue weighted by atomic mass is 9.93. The topological polar surface area (TPSA) is 89.3 Å². The van der Waals surface area contributed by atoms with Gasteiger partial charge in [-0.25, -0.2) is 8.78 Å².